The Labute approximate surface area is 158 Å². The quantitative estimate of drug-likeness (QED) is 0.596. The van der Waals surface area contributed by atoms with Crippen LogP contribution in [0.15, 0.2) is 24.3 Å². The van der Waals surface area contributed by atoms with Crippen LogP contribution < -0.4 is 0 Å². The van der Waals surface area contributed by atoms with Gasteiger partial charge in [-0.25, -0.2) is 4.79 Å². The standard InChI is InChI=1S/C20H24N2O5/c1-12-7-6-8-13(2)21(12)17(23)11-27-20(26)14(3)22-18(24)15-9-4-5-10-16(15)19(22)25/h4-5,9-10,12-14H,6-8,11H2,1-3H3. The molecule has 0 radical (unpaired) electrons. The van der Waals surface area contributed by atoms with Crippen LogP contribution in [0.4, 0.5) is 0 Å². The van der Waals surface area contributed by atoms with Crippen molar-refractivity contribution in [3.05, 3.63) is 35.4 Å². The third-order valence-corrected chi connectivity index (χ3v) is 5.37. The molecular formula is C20H24N2O5. The molecule has 144 valence electrons. The fourth-order valence-electron chi connectivity index (χ4n) is 3.91. The van der Waals surface area contributed by atoms with Gasteiger partial charge >= 0.3 is 5.97 Å². The summed E-state index contributed by atoms with van der Waals surface area (Å²) in [5.74, 6) is -2.07. The van der Waals surface area contributed by atoms with E-state index in [1.165, 1.54) is 6.92 Å². The molecule has 3 unspecified atom stereocenters. The Hall–Kier alpha value is -2.70. The average Bonchev–Trinajstić information content (AvgIpc) is 2.90. The van der Waals surface area contributed by atoms with Crippen molar-refractivity contribution in [1.29, 1.82) is 0 Å². The minimum Gasteiger partial charge on any atom is -0.454 e. The van der Waals surface area contributed by atoms with Crippen molar-refractivity contribution < 1.29 is 23.9 Å². The van der Waals surface area contributed by atoms with Gasteiger partial charge in [0.05, 0.1) is 11.1 Å². The minimum absolute atomic E-state index is 0.105. The number of amides is 3. The van der Waals surface area contributed by atoms with E-state index in [2.05, 4.69) is 0 Å². The van der Waals surface area contributed by atoms with Gasteiger partial charge in [-0.05, 0) is 52.2 Å². The molecule has 7 heteroatoms. The van der Waals surface area contributed by atoms with Crippen LogP contribution in [0.3, 0.4) is 0 Å². The molecule has 3 atom stereocenters. The predicted octanol–water partition coefficient (Wildman–Crippen LogP) is 2.00. The van der Waals surface area contributed by atoms with Crippen LogP contribution in [-0.2, 0) is 14.3 Å². The highest BCUT2D eigenvalue weighted by molar-refractivity contribution is 6.22. The zero-order chi connectivity index (χ0) is 19.7. The Balaban J connectivity index is 1.62. The maximum absolute atomic E-state index is 12.5. The van der Waals surface area contributed by atoms with Crippen molar-refractivity contribution in [2.45, 2.75) is 58.2 Å². The number of ether oxygens (including phenoxy) is 1. The Morgan fingerprint density at radius 2 is 1.59 bits per heavy atom. The highest BCUT2D eigenvalue weighted by Crippen LogP contribution is 2.25. The van der Waals surface area contributed by atoms with E-state index in [-0.39, 0.29) is 35.7 Å². The number of carbonyl (C=O) groups is 4. The maximum Gasteiger partial charge on any atom is 0.329 e. The van der Waals surface area contributed by atoms with Crippen LogP contribution in [0, 0.1) is 0 Å². The van der Waals surface area contributed by atoms with Gasteiger partial charge in [-0.15, -0.1) is 0 Å². The summed E-state index contributed by atoms with van der Waals surface area (Å²) in [6, 6.07) is 5.54. The molecule has 3 amide bonds. The Kier molecular flexibility index (Phi) is 5.30. The number of nitrogens with zero attached hydrogens (tertiary/aromatic N) is 2. The van der Waals surface area contributed by atoms with E-state index in [0.29, 0.717) is 0 Å². The van der Waals surface area contributed by atoms with Crippen LogP contribution in [-0.4, -0.2) is 58.2 Å². The summed E-state index contributed by atoms with van der Waals surface area (Å²) >= 11 is 0. The second-order valence-corrected chi connectivity index (χ2v) is 7.24. The Morgan fingerprint density at radius 3 is 2.11 bits per heavy atom. The monoisotopic (exact) mass is 372 g/mol. The van der Waals surface area contributed by atoms with Crippen molar-refractivity contribution in [2.24, 2.45) is 0 Å². The summed E-state index contributed by atoms with van der Waals surface area (Å²) < 4.78 is 5.15. The highest BCUT2D eigenvalue weighted by atomic mass is 16.5. The van der Waals surface area contributed by atoms with E-state index < -0.39 is 23.8 Å². The van der Waals surface area contributed by atoms with E-state index in [9.17, 15) is 19.2 Å². The molecule has 1 saturated heterocycles. The van der Waals surface area contributed by atoms with Crippen molar-refractivity contribution in [1.82, 2.24) is 9.80 Å². The molecule has 0 spiro atoms. The zero-order valence-electron chi connectivity index (χ0n) is 15.8. The number of benzene rings is 1. The summed E-state index contributed by atoms with van der Waals surface area (Å²) in [7, 11) is 0. The lowest BCUT2D eigenvalue weighted by Gasteiger charge is -2.39. The maximum atomic E-state index is 12.5. The van der Waals surface area contributed by atoms with Gasteiger partial charge in [0.15, 0.2) is 6.61 Å². The predicted molar refractivity (Wildman–Crippen MR) is 97.0 cm³/mol. The number of hydrogen-bond acceptors (Lipinski definition) is 5. The first kappa shape index (κ1) is 19.1. The molecule has 0 N–H and O–H groups in total. The van der Waals surface area contributed by atoms with Crippen LogP contribution in [0.2, 0.25) is 0 Å². The first-order valence-electron chi connectivity index (χ1n) is 9.27. The summed E-state index contributed by atoms with van der Waals surface area (Å²) in [5, 5.41) is 0. The summed E-state index contributed by atoms with van der Waals surface area (Å²) in [5.41, 5.74) is 0.545. The molecule has 27 heavy (non-hydrogen) atoms. The van der Waals surface area contributed by atoms with Crippen LogP contribution in [0.25, 0.3) is 0 Å². The van der Waals surface area contributed by atoms with Gasteiger partial charge in [-0.2, -0.15) is 0 Å². The molecule has 7 nitrogen and oxygen atoms in total. The van der Waals surface area contributed by atoms with E-state index in [1.54, 1.807) is 29.2 Å². The number of hydrogen-bond donors (Lipinski definition) is 0. The number of carbonyl (C=O) groups excluding carboxylic acids is 4. The third-order valence-electron chi connectivity index (χ3n) is 5.37. The van der Waals surface area contributed by atoms with E-state index in [0.717, 1.165) is 24.2 Å². The summed E-state index contributed by atoms with van der Waals surface area (Å²) in [4.78, 5) is 52.4. The third kappa shape index (κ3) is 3.46. The SMILES string of the molecule is CC(C(=O)OCC(=O)N1C(C)CCCC1C)N1C(=O)c2ccccc2C1=O. The lowest BCUT2D eigenvalue weighted by Crippen LogP contribution is -2.50. The molecule has 2 aliphatic rings. The summed E-state index contributed by atoms with van der Waals surface area (Å²) in [6.45, 7) is 5.01. The second kappa shape index (κ2) is 7.50. The minimum atomic E-state index is -1.10. The van der Waals surface area contributed by atoms with Gasteiger partial charge in [0.1, 0.15) is 6.04 Å². The van der Waals surface area contributed by atoms with Gasteiger partial charge in [0.2, 0.25) is 0 Å². The lowest BCUT2D eigenvalue weighted by molar-refractivity contribution is -0.157. The molecule has 2 heterocycles. The van der Waals surface area contributed by atoms with Gasteiger partial charge in [-0.1, -0.05) is 12.1 Å². The van der Waals surface area contributed by atoms with E-state index in [4.69, 9.17) is 4.74 Å². The Bertz CT molecular complexity index is 745. The first-order valence-corrected chi connectivity index (χ1v) is 9.27. The van der Waals surface area contributed by atoms with E-state index >= 15 is 0 Å². The number of piperidine rings is 1. The smallest absolute Gasteiger partial charge is 0.329 e. The van der Waals surface area contributed by atoms with Gasteiger partial charge in [0.25, 0.3) is 17.7 Å². The fourth-order valence-corrected chi connectivity index (χ4v) is 3.91. The molecule has 0 saturated carbocycles. The van der Waals surface area contributed by atoms with Crippen molar-refractivity contribution >= 4 is 23.7 Å². The normalized spacial score (nSPS) is 23.2. The lowest BCUT2D eigenvalue weighted by atomic mass is 9.97. The van der Waals surface area contributed by atoms with Gasteiger partial charge < -0.3 is 9.64 Å². The largest absolute Gasteiger partial charge is 0.454 e. The zero-order valence-corrected chi connectivity index (χ0v) is 15.8. The molecule has 0 aromatic heterocycles. The van der Waals surface area contributed by atoms with Crippen molar-refractivity contribution in [3.8, 4) is 0 Å². The topological polar surface area (TPSA) is 84.0 Å². The first-order chi connectivity index (χ1) is 12.8. The number of likely N-dealkylation sites (tertiary alicyclic amines) is 1. The number of imide groups is 1. The Morgan fingerprint density at radius 1 is 1.07 bits per heavy atom. The van der Waals surface area contributed by atoms with Crippen LogP contribution in [0.5, 0.6) is 0 Å². The molecule has 1 fully saturated rings. The number of rotatable bonds is 4. The van der Waals surface area contributed by atoms with Crippen LogP contribution >= 0.6 is 0 Å². The molecule has 0 aliphatic carbocycles. The molecule has 1 aromatic carbocycles. The number of fused-ring (bicyclic) bond motifs is 1. The van der Waals surface area contributed by atoms with Crippen molar-refractivity contribution in [2.75, 3.05) is 6.61 Å². The molecule has 0 bridgehead atoms. The molecule has 3 rings (SSSR count). The fraction of sp³-hybridized carbons (Fsp3) is 0.500. The van der Waals surface area contributed by atoms with Crippen molar-refractivity contribution in [3.63, 3.8) is 0 Å². The second-order valence-electron chi connectivity index (χ2n) is 7.24. The van der Waals surface area contributed by atoms with Gasteiger partial charge in [-0.3, -0.25) is 19.3 Å². The van der Waals surface area contributed by atoms with E-state index in [1.807, 2.05) is 13.8 Å². The molecule has 2 aliphatic heterocycles. The average molecular weight is 372 g/mol. The number of esters is 1. The molecular weight excluding hydrogens is 348 g/mol. The highest BCUT2D eigenvalue weighted by Gasteiger charge is 2.41. The molecule has 1 aromatic rings. The summed E-state index contributed by atoms with van der Waals surface area (Å²) in [6.07, 6.45) is 2.92. The van der Waals surface area contributed by atoms with Crippen LogP contribution in [0.1, 0.15) is 60.7 Å². The van der Waals surface area contributed by atoms with Gasteiger partial charge in [0, 0.05) is 12.1 Å².